The molecule has 2 heterocycles. The lowest BCUT2D eigenvalue weighted by Crippen LogP contribution is -2.54. The maximum absolute atomic E-state index is 15.0. The van der Waals surface area contributed by atoms with Gasteiger partial charge < -0.3 is 20.1 Å². The van der Waals surface area contributed by atoms with Crippen LogP contribution in [-0.4, -0.2) is 45.6 Å². The van der Waals surface area contributed by atoms with Gasteiger partial charge in [-0.3, -0.25) is 9.20 Å². The van der Waals surface area contributed by atoms with Gasteiger partial charge in [-0.2, -0.15) is 13.2 Å². The quantitative estimate of drug-likeness (QED) is 0.171. The Morgan fingerprint density at radius 3 is 2.47 bits per heavy atom. The maximum atomic E-state index is 15.0. The zero-order valence-corrected chi connectivity index (χ0v) is 24.0. The van der Waals surface area contributed by atoms with E-state index in [1.54, 1.807) is 33.0 Å². The highest BCUT2D eigenvalue weighted by molar-refractivity contribution is 5.95. The Hall–Kier alpha value is -4.23. The van der Waals surface area contributed by atoms with E-state index in [9.17, 15) is 31.9 Å². The first-order chi connectivity index (χ1) is 20.1. The van der Waals surface area contributed by atoms with Gasteiger partial charge in [0.25, 0.3) is 5.91 Å². The fourth-order valence-electron chi connectivity index (χ4n) is 4.87. The molecular formula is C29H31F5N4O5. The summed E-state index contributed by atoms with van der Waals surface area (Å²) in [6.07, 6.45) is -2.96. The van der Waals surface area contributed by atoms with Crippen LogP contribution in [0.3, 0.4) is 0 Å². The number of nitrogens with zero attached hydrogens (tertiary/aromatic N) is 2. The molecular weight excluding hydrogens is 579 g/mol. The van der Waals surface area contributed by atoms with Crippen LogP contribution in [0.1, 0.15) is 78.3 Å². The van der Waals surface area contributed by atoms with Crippen LogP contribution < -0.4 is 15.4 Å². The van der Waals surface area contributed by atoms with Crippen molar-refractivity contribution >= 4 is 23.6 Å². The number of esters is 1. The number of aromatic nitrogens is 2. The number of halogens is 5. The van der Waals surface area contributed by atoms with Crippen molar-refractivity contribution in [2.24, 2.45) is 0 Å². The van der Waals surface area contributed by atoms with Crippen LogP contribution in [0.4, 0.5) is 26.7 Å². The highest BCUT2D eigenvalue weighted by Gasteiger charge is 2.43. The Bertz CT molecular complexity index is 1570. The molecule has 2 N–H and O–H groups in total. The maximum Gasteiger partial charge on any atom is 0.491 e. The van der Waals surface area contributed by atoms with Gasteiger partial charge in [-0.05, 0) is 69.2 Å². The Balaban J connectivity index is 1.52. The van der Waals surface area contributed by atoms with Crippen LogP contribution in [-0.2, 0) is 16.1 Å². The lowest BCUT2D eigenvalue weighted by Gasteiger charge is -2.30. The van der Waals surface area contributed by atoms with E-state index in [-0.39, 0.29) is 41.5 Å². The lowest BCUT2D eigenvalue weighted by atomic mass is 9.96. The van der Waals surface area contributed by atoms with Crippen molar-refractivity contribution in [3.8, 4) is 5.75 Å². The van der Waals surface area contributed by atoms with Gasteiger partial charge in [0.15, 0.2) is 11.4 Å². The number of rotatable bonds is 10. The number of alkyl halides is 3. The molecule has 2 amide bonds. The molecule has 3 aromatic rings. The number of aryl methyl sites for hydroxylation is 2. The number of benzene rings is 1. The van der Waals surface area contributed by atoms with Gasteiger partial charge in [0.1, 0.15) is 23.9 Å². The van der Waals surface area contributed by atoms with E-state index in [0.29, 0.717) is 23.2 Å². The number of ether oxygens (including phenoxy) is 2. The molecule has 232 valence electrons. The van der Waals surface area contributed by atoms with Crippen LogP contribution in [0.2, 0.25) is 0 Å². The number of pyridine rings is 1. The van der Waals surface area contributed by atoms with Gasteiger partial charge in [0.05, 0.1) is 16.8 Å². The second-order valence-electron chi connectivity index (χ2n) is 10.9. The standard InChI is InChI=1S/C29H31F5N4O5/c1-5-10-28(4,37-27(41)43-26(40)29(32,33)34)14-35-25(39)23-16(3)36-24-21(11-15(2)12-38(23)24)42-13-19-20(30)9-8-18(22(19)31)17-6-7-17/h8-9,11-12,17H,5-7,10,13-14H2,1-4H3,(H,35,39)(H,37,41). The first-order valence-electron chi connectivity index (χ1n) is 13.6. The van der Waals surface area contributed by atoms with Crippen molar-refractivity contribution in [3.63, 3.8) is 0 Å². The largest absolute Gasteiger partial charge is 0.491 e. The fraction of sp³-hybridized carbons (Fsp3) is 0.448. The minimum atomic E-state index is -5.35. The normalized spacial score (nSPS) is 14.7. The molecule has 1 aliphatic rings. The summed E-state index contributed by atoms with van der Waals surface area (Å²) in [6, 6.07) is 4.30. The van der Waals surface area contributed by atoms with Crippen molar-refractivity contribution < 1.29 is 45.8 Å². The van der Waals surface area contributed by atoms with Crippen molar-refractivity contribution in [1.29, 1.82) is 0 Å². The van der Waals surface area contributed by atoms with E-state index in [1.165, 1.54) is 23.5 Å². The molecule has 0 bridgehead atoms. The molecule has 0 spiro atoms. The van der Waals surface area contributed by atoms with Gasteiger partial charge in [-0.15, -0.1) is 0 Å². The monoisotopic (exact) mass is 610 g/mol. The molecule has 14 heteroatoms. The van der Waals surface area contributed by atoms with Crippen LogP contribution in [0.15, 0.2) is 24.4 Å². The first-order valence-corrected chi connectivity index (χ1v) is 13.6. The van der Waals surface area contributed by atoms with E-state index in [0.717, 1.165) is 12.8 Å². The zero-order chi connectivity index (χ0) is 31.7. The summed E-state index contributed by atoms with van der Waals surface area (Å²) in [5, 5.41) is 4.87. The third kappa shape index (κ3) is 7.23. The predicted octanol–water partition coefficient (Wildman–Crippen LogP) is 5.79. The molecule has 9 nitrogen and oxygen atoms in total. The molecule has 43 heavy (non-hydrogen) atoms. The number of hydrogen-bond acceptors (Lipinski definition) is 6. The minimum Gasteiger partial charge on any atom is -0.485 e. The van der Waals surface area contributed by atoms with E-state index >= 15 is 4.39 Å². The number of amides is 2. The number of carbonyl (C=O) groups excluding carboxylic acids is 3. The molecule has 1 unspecified atom stereocenters. The fourth-order valence-corrected chi connectivity index (χ4v) is 4.87. The van der Waals surface area contributed by atoms with Crippen molar-refractivity contribution in [1.82, 2.24) is 20.0 Å². The summed E-state index contributed by atoms with van der Waals surface area (Å²) in [5.41, 5.74) is 0.243. The van der Waals surface area contributed by atoms with Crippen LogP contribution >= 0.6 is 0 Å². The highest BCUT2D eigenvalue weighted by Crippen LogP contribution is 2.42. The summed E-state index contributed by atoms with van der Waals surface area (Å²) < 4.78 is 78.1. The van der Waals surface area contributed by atoms with Gasteiger partial charge in [-0.1, -0.05) is 19.4 Å². The van der Waals surface area contributed by atoms with Crippen LogP contribution in [0.25, 0.3) is 5.65 Å². The smallest absolute Gasteiger partial charge is 0.485 e. The van der Waals surface area contributed by atoms with Gasteiger partial charge in [0, 0.05) is 12.7 Å². The molecule has 2 aromatic heterocycles. The molecule has 1 aromatic carbocycles. The van der Waals surface area contributed by atoms with Gasteiger partial charge in [-0.25, -0.2) is 23.4 Å². The minimum absolute atomic E-state index is 0.0726. The highest BCUT2D eigenvalue weighted by atomic mass is 19.4. The lowest BCUT2D eigenvalue weighted by molar-refractivity contribution is -0.193. The topological polar surface area (TPSA) is 111 Å². The molecule has 0 radical (unpaired) electrons. The summed E-state index contributed by atoms with van der Waals surface area (Å²) in [7, 11) is 0. The summed E-state index contributed by atoms with van der Waals surface area (Å²) >= 11 is 0. The predicted molar refractivity (Wildman–Crippen MR) is 144 cm³/mol. The Labute approximate surface area is 243 Å². The first kappa shape index (κ1) is 31.7. The Morgan fingerprint density at radius 2 is 1.84 bits per heavy atom. The summed E-state index contributed by atoms with van der Waals surface area (Å²) in [4.78, 5) is 40.8. The average molecular weight is 611 g/mol. The summed E-state index contributed by atoms with van der Waals surface area (Å²) in [6.45, 7) is 5.90. The second kappa shape index (κ2) is 12.2. The number of fused-ring (bicyclic) bond motifs is 1. The summed E-state index contributed by atoms with van der Waals surface area (Å²) in [5.74, 6) is -4.40. The number of carbonyl (C=O) groups is 3. The third-order valence-corrected chi connectivity index (χ3v) is 7.08. The van der Waals surface area contributed by atoms with Crippen molar-refractivity contribution in [3.05, 3.63) is 64.1 Å². The number of nitrogens with one attached hydrogen (secondary N) is 2. The van der Waals surface area contributed by atoms with Crippen LogP contribution in [0, 0.1) is 25.5 Å². The SMILES string of the molecule is CCCC(C)(CNC(=O)c1c(C)nc2c(OCc3c(F)ccc(C4CC4)c3F)cc(C)cn12)NC(=O)OC(=O)C(F)(F)F. The Kier molecular flexibility index (Phi) is 8.97. The molecule has 1 aliphatic carbocycles. The second-order valence-corrected chi connectivity index (χ2v) is 10.9. The molecule has 1 atom stereocenters. The Morgan fingerprint density at radius 1 is 1.14 bits per heavy atom. The van der Waals surface area contributed by atoms with E-state index in [2.05, 4.69) is 20.4 Å². The zero-order valence-electron chi connectivity index (χ0n) is 24.0. The van der Waals surface area contributed by atoms with Crippen molar-refractivity contribution in [2.45, 2.75) is 77.6 Å². The van der Waals surface area contributed by atoms with E-state index in [1.807, 2.05) is 0 Å². The molecule has 0 aliphatic heterocycles. The van der Waals surface area contributed by atoms with E-state index < -0.39 is 47.9 Å². The van der Waals surface area contributed by atoms with Gasteiger partial charge >= 0.3 is 18.2 Å². The van der Waals surface area contributed by atoms with E-state index in [4.69, 9.17) is 4.74 Å². The molecule has 1 fully saturated rings. The molecule has 1 saturated carbocycles. The number of alkyl carbamates (subject to hydrolysis) is 1. The molecule has 0 saturated heterocycles. The van der Waals surface area contributed by atoms with Crippen LogP contribution in [0.5, 0.6) is 5.75 Å². The third-order valence-electron chi connectivity index (χ3n) is 7.08. The van der Waals surface area contributed by atoms with Gasteiger partial charge in [0.2, 0.25) is 0 Å². The van der Waals surface area contributed by atoms with Crippen molar-refractivity contribution in [2.75, 3.05) is 6.54 Å². The average Bonchev–Trinajstić information content (AvgIpc) is 3.68. The number of imidazole rings is 1. The number of hydrogen-bond donors (Lipinski definition) is 2. The molecule has 4 rings (SSSR count).